The molecule has 0 N–H and O–H groups in total. The lowest BCUT2D eigenvalue weighted by Crippen LogP contribution is -2.26. The van der Waals surface area contributed by atoms with Crippen LogP contribution < -0.4 is 0 Å². The first kappa shape index (κ1) is 14.6. The van der Waals surface area contributed by atoms with Gasteiger partial charge >= 0.3 is 0 Å². The third kappa shape index (κ3) is 6.75. The Morgan fingerprint density at radius 2 is 1.76 bits per heavy atom. The highest BCUT2D eigenvalue weighted by atomic mass is 16.7. The van der Waals surface area contributed by atoms with E-state index in [2.05, 4.69) is 6.58 Å². The Bertz CT molecular complexity index is 219. The SMILES string of the molecule is C=C(C)COC1COCC(OCC)OCCO1. The van der Waals surface area contributed by atoms with Crippen LogP contribution in [0.1, 0.15) is 13.8 Å². The van der Waals surface area contributed by atoms with Gasteiger partial charge in [-0.15, -0.1) is 0 Å². The fraction of sp³-hybridized carbons (Fsp3) is 0.833. The lowest BCUT2D eigenvalue weighted by atomic mass is 10.4. The summed E-state index contributed by atoms with van der Waals surface area (Å²) in [5, 5.41) is 0. The summed E-state index contributed by atoms with van der Waals surface area (Å²) in [7, 11) is 0. The van der Waals surface area contributed by atoms with E-state index in [0.717, 1.165) is 5.57 Å². The molecule has 0 aromatic heterocycles. The Balaban J connectivity index is 2.28. The third-order valence-corrected chi connectivity index (χ3v) is 2.07. The molecule has 5 heteroatoms. The molecule has 0 spiro atoms. The van der Waals surface area contributed by atoms with Crippen molar-refractivity contribution in [3.05, 3.63) is 12.2 Å². The summed E-state index contributed by atoms with van der Waals surface area (Å²) in [5.74, 6) is 0. The van der Waals surface area contributed by atoms with Crippen LogP contribution in [0.5, 0.6) is 0 Å². The van der Waals surface area contributed by atoms with Crippen LogP contribution in [0.2, 0.25) is 0 Å². The van der Waals surface area contributed by atoms with Gasteiger partial charge in [0, 0.05) is 6.61 Å². The van der Waals surface area contributed by atoms with Crippen LogP contribution >= 0.6 is 0 Å². The van der Waals surface area contributed by atoms with Gasteiger partial charge in [-0.3, -0.25) is 0 Å². The van der Waals surface area contributed by atoms with E-state index in [-0.39, 0.29) is 12.6 Å². The van der Waals surface area contributed by atoms with E-state index < -0.39 is 0 Å². The van der Waals surface area contributed by atoms with E-state index in [1.54, 1.807) is 0 Å². The van der Waals surface area contributed by atoms with E-state index in [0.29, 0.717) is 39.6 Å². The average molecular weight is 246 g/mol. The summed E-state index contributed by atoms with van der Waals surface area (Å²) < 4.78 is 27.2. The average Bonchev–Trinajstić information content (AvgIpc) is 2.39. The second-order valence-corrected chi connectivity index (χ2v) is 3.86. The van der Waals surface area contributed by atoms with Gasteiger partial charge in [0.05, 0.1) is 33.0 Å². The van der Waals surface area contributed by atoms with Crippen LogP contribution in [0.3, 0.4) is 0 Å². The molecular formula is C12H22O5. The molecule has 0 aliphatic carbocycles. The van der Waals surface area contributed by atoms with Crippen LogP contribution in [0.25, 0.3) is 0 Å². The molecule has 0 saturated carbocycles. The minimum Gasteiger partial charge on any atom is -0.371 e. The third-order valence-electron chi connectivity index (χ3n) is 2.07. The highest BCUT2D eigenvalue weighted by molar-refractivity contribution is 4.87. The van der Waals surface area contributed by atoms with Crippen LogP contribution in [0.15, 0.2) is 12.2 Å². The Morgan fingerprint density at radius 3 is 2.29 bits per heavy atom. The summed E-state index contributed by atoms with van der Waals surface area (Å²) in [4.78, 5) is 0. The number of rotatable bonds is 5. The zero-order chi connectivity index (χ0) is 12.5. The molecule has 1 rings (SSSR count). The highest BCUT2D eigenvalue weighted by Crippen LogP contribution is 2.05. The Labute approximate surface area is 103 Å². The first-order valence-corrected chi connectivity index (χ1v) is 5.91. The van der Waals surface area contributed by atoms with Crippen LogP contribution in [0, 0.1) is 0 Å². The predicted molar refractivity (Wildman–Crippen MR) is 62.7 cm³/mol. The van der Waals surface area contributed by atoms with Crippen LogP contribution in [-0.2, 0) is 23.7 Å². The maximum Gasteiger partial charge on any atom is 0.181 e. The van der Waals surface area contributed by atoms with E-state index in [1.165, 1.54) is 0 Å². The minimum atomic E-state index is -0.365. The van der Waals surface area contributed by atoms with Crippen LogP contribution in [-0.4, -0.2) is 52.2 Å². The molecule has 2 atom stereocenters. The summed E-state index contributed by atoms with van der Waals surface area (Å²) in [6.07, 6.45) is -0.681. The fourth-order valence-electron chi connectivity index (χ4n) is 1.33. The molecule has 1 aliphatic rings. The van der Waals surface area contributed by atoms with Gasteiger partial charge < -0.3 is 23.7 Å². The fourth-order valence-corrected chi connectivity index (χ4v) is 1.33. The van der Waals surface area contributed by atoms with Gasteiger partial charge in [-0.1, -0.05) is 12.2 Å². The van der Waals surface area contributed by atoms with Crippen molar-refractivity contribution in [1.82, 2.24) is 0 Å². The van der Waals surface area contributed by atoms with Crippen LogP contribution in [0.4, 0.5) is 0 Å². The molecule has 1 heterocycles. The molecule has 100 valence electrons. The first-order chi connectivity index (χ1) is 8.22. The lowest BCUT2D eigenvalue weighted by Gasteiger charge is -2.17. The van der Waals surface area contributed by atoms with Gasteiger partial charge in [0.15, 0.2) is 12.6 Å². The molecular weight excluding hydrogens is 224 g/mol. The van der Waals surface area contributed by atoms with Gasteiger partial charge in [0.1, 0.15) is 0 Å². The molecule has 0 radical (unpaired) electrons. The second-order valence-electron chi connectivity index (χ2n) is 3.86. The molecule has 0 aromatic carbocycles. The largest absolute Gasteiger partial charge is 0.371 e. The second kappa shape index (κ2) is 8.60. The van der Waals surface area contributed by atoms with Gasteiger partial charge in [-0.05, 0) is 13.8 Å². The van der Waals surface area contributed by atoms with Crippen molar-refractivity contribution >= 4 is 0 Å². The van der Waals surface area contributed by atoms with Crippen molar-refractivity contribution in [2.75, 3.05) is 39.6 Å². The molecule has 2 unspecified atom stereocenters. The van der Waals surface area contributed by atoms with E-state index in [9.17, 15) is 0 Å². The summed E-state index contributed by atoms with van der Waals surface area (Å²) in [6.45, 7) is 10.4. The topological polar surface area (TPSA) is 46.2 Å². The monoisotopic (exact) mass is 246 g/mol. The van der Waals surface area contributed by atoms with Crippen molar-refractivity contribution in [2.24, 2.45) is 0 Å². The zero-order valence-electron chi connectivity index (χ0n) is 10.6. The number of ether oxygens (including phenoxy) is 5. The maximum absolute atomic E-state index is 5.49. The van der Waals surface area contributed by atoms with Crippen molar-refractivity contribution in [1.29, 1.82) is 0 Å². The molecule has 0 aromatic rings. The summed E-state index contributed by atoms with van der Waals surface area (Å²) in [5.41, 5.74) is 0.955. The molecule has 0 bridgehead atoms. The number of hydrogen-bond acceptors (Lipinski definition) is 5. The van der Waals surface area contributed by atoms with E-state index >= 15 is 0 Å². The van der Waals surface area contributed by atoms with Gasteiger partial charge in [-0.25, -0.2) is 0 Å². The van der Waals surface area contributed by atoms with E-state index in [1.807, 2.05) is 13.8 Å². The minimum absolute atomic E-state index is 0.316. The molecule has 1 fully saturated rings. The zero-order valence-corrected chi connectivity index (χ0v) is 10.6. The first-order valence-electron chi connectivity index (χ1n) is 5.91. The predicted octanol–water partition coefficient (Wildman–Crippen LogP) is 1.33. The van der Waals surface area contributed by atoms with E-state index in [4.69, 9.17) is 23.7 Å². The van der Waals surface area contributed by atoms with Crippen molar-refractivity contribution in [2.45, 2.75) is 26.4 Å². The van der Waals surface area contributed by atoms with Crippen molar-refractivity contribution < 1.29 is 23.7 Å². The lowest BCUT2D eigenvalue weighted by molar-refractivity contribution is -0.170. The van der Waals surface area contributed by atoms with Gasteiger partial charge in [-0.2, -0.15) is 0 Å². The Kier molecular flexibility index (Phi) is 7.39. The molecule has 1 saturated heterocycles. The highest BCUT2D eigenvalue weighted by Gasteiger charge is 2.16. The smallest absolute Gasteiger partial charge is 0.181 e. The molecule has 0 amide bonds. The van der Waals surface area contributed by atoms with Gasteiger partial charge in [0.25, 0.3) is 0 Å². The molecule has 1 aliphatic heterocycles. The summed E-state index contributed by atoms with van der Waals surface area (Å²) >= 11 is 0. The molecule has 17 heavy (non-hydrogen) atoms. The van der Waals surface area contributed by atoms with Crippen molar-refractivity contribution in [3.8, 4) is 0 Å². The standard InChI is InChI=1S/C12H22O5/c1-4-14-11-8-13-9-12(16-6-5-15-11)17-7-10(2)3/h11-12H,2,4-9H2,1,3H3. The maximum atomic E-state index is 5.49. The Morgan fingerprint density at radius 1 is 1.18 bits per heavy atom. The normalized spacial score (nSPS) is 26.9. The summed E-state index contributed by atoms with van der Waals surface area (Å²) in [6, 6.07) is 0. The molecule has 5 nitrogen and oxygen atoms in total. The van der Waals surface area contributed by atoms with Gasteiger partial charge in [0.2, 0.25) is 0 Å². The quantitative estimate of drug-likeness (QED) is 0.685. The van der Waals surface area contributed by atoms with Crippen molar-refractivity contribution in [3.63, 3.8) is 0 Å². The Hall–Kier alpha value is -0.460. The number of hydrogen-bond donors (Lipinski definition) is 0.